The quantitative estimate of drug-likeness (QED) is 0.723. The fraction of sp³-hybridized carbons (Fsp3) is 0.0667. The van der Waals surface area contributed by atoms with E-state index in [2.05, 4.69) is 15.2 Å². The summed E-state index contributed by atoms with van der Waals surface area (Å²) in [6, 6.07) is 4.92. The van der Waals surface area contributed by atoms with Gasteiger partial charge < -0.3 is 0 Å². The van der Waals surface area contributed by atoms with Crippen molar-refractivity contribution < 1.29 is 9.59 Å². The van der Waals surface area contributed by atoms with Gasteiger partial charge >= 0.3 is 0 Å². The lowest BCUT2D eigenvalue weighted by molar-refractivity contribution is 0.0643. The van der Waals surface area contributed by atoms with E-state index >= 15 is 0 Å². The Bertz CT molecular complexity index is 983. The lowest BCUT2D eigenvalue weighted by atomic mass is 10.1. The van der Waals surface area contributed by atoms with Crippen molar-refractivity contribution in [2.45, 2.75) is 6.54 Å². The van der Waals surface area contributed by atoms with Crippen molar-refractivity contribution in [3.05, 3.63) is 57.3 Å². The zero-order valence-electron chi connectivity index (χ0n) is 11.5. The molecule has 0 unspecified atom stereocenters. The molecule has 0 aliphatic carbocycles. The van der Waals surface area contributed by atoms with Gasteiger partial charge in [-0.2, -0.15) is 5.10 Å². The molecule has 1 aliphatic rings. The molecule has 114 valence electrons. The summed E-state index contributed by atoms with van der Waals surface area (Å²) >= 11 is 12.1. The average Bonchev–Trinajstić information content (AvgIpc) is 3.09. The SMILES string of the molecule is O=C1c2cnc3[nH]ncc3c2C(=O)N1Cc1cc(Cl)ccc1Cl. The van der Waals surface area contributed by atoms with Gasteiger partial charge in [-0.15, -0.1) is 0 Å². The number of rotatable bonds is 2. The van der Waals surface area contributed by atoms with Gasteiger partial charge in [0.25, 0.3) is 11.8 Å². The van der Waals surface area contributed by atoms with Crippen LogP contribution in [0.25, 0.3) is 11.0 Å². The number of imide groups is 1. The predicted molar refractivity (Wildman–Crippen MR) is 84.6 cm³/mol. The van der Waals surface area contributed by atoms with E-state index in [9.17, 15) is 9.59 Å². The normalized spacial score (nSPS) is 13.9. The molecule has 3 aromatic rings. The molecule has 0 spiro atoms. The summed E-state index contributed by atoms with van der Waals surface area (Å²) in [7, 11) is 0. The van der Waals surface area contributed by atoms with Gasteiger partial charge in [-0.05, 0) is 23.8 Å². The van der Waals surface area contributed by atoms with Crippen molar-refractivity contribution in [2.24, 2.45) is 0 Å². The van der Waals surface area contributed by atoms with Gasteiger partial charge in [0.05, 0.1) is 29.3 Å². The molecular weight excluding hydrogens is 339 g/mol. The molecule has 1 N–H and O–H groups in total. The van der Waals surface area contributed by atoms with Gasteiger partial charge in [0, 0.05) is 16.2 Å². The third kappa shape index (κ3) is 2.10. The first-order chi connectivity index (χ1) is 11.1. The standard InChI is InChI=1S/C15H8Cl2N4O2/c16-8-1-2-11(17)7(3-8)6-21-14(22)10-4-18-13-9(5-19-20-13)12(10)15(21)23/h1-5H,6H2,(H,18,19,20). The van der Waals surface area contributed by atoms with Crippen molar-refractivity contribution in [3.63, 3.8) is 0 Å². The van der Waals surface area contributed by atoms with Crippen LogP contribution in [-0.2, 0) is 6.54 Å². The van der Waals surface area contributed by atoms with E-state index < -0.39 is 11.8 Å². The van der Waals surface area contributed by atoms with E-state index in [1.54, 1.807) is 18.2 Å². The van der Waals surface area contributed by atoms with E-state index in [-0.39, 0.29) is 12.1 Å². The Kier molecular flexibility index (Phi) is 3.11. The summed E-state index contributed by atoms with van der Waals surface area (Å²) in [4.78, 5) is 30.5. The summed E-state index contributed by atoms with van der Waals surface area (Å²) in [5.74, 6) is -0.800. The molecule has 1 aliphatic heterocycles. The highest BCUT2D eigenvalue weighted by Gasteiger charge is 2.38. The predicted octanol–water partition coefficient (Wildman–Crippen LogP) is 3.06. The summed E-state index contributed by atoms with van der Waals surface area (Å²) in [5, 5.41) is 8.01. The molecule has 0 bridgehead atoms. The Balaban J connectivity index is 1.78. The lowest BCUT2D eigenvalue weighted by Gasteiger charge is -2.15. The van der Waals surface area contributed by atoms with E-state index in [4.69, 9.17) is 23.2 Å². The van der Waals surface area contributed by atoms with Crippen LogP contribution in [0.3, 0.4) is 0 Å². The molecule has 2 amide bonds. The minimum Gasteiger partial charge on any atom is -0.270 e. The summed E-state index contributed by atoms with van der Waals surface area (Å²) in [6.45, 7) is 0.0467. The number of aromatic nitrogens is 3. The third-order valence-corrected chi connectivity index (χ3v) is 4.36. The van der Waals surface area contributed by atoms with Crippen LogP contribution in [0.15, 0.2) is 30.6 Å². The zero-order chi connectivity index (χ0) is 16.1. The van der Waals surface area contributed by atoms with Crippen LogP contribution in [0.1, 0.15) is 26.3 Å². The van der Waals surface area contributed by atoms with Gasteiger partial charge in [0.2, 0.25) is 0 Å². The Hall–Kier alpha value is -2.44. The van der Waals surface area contributed by atoms with Crippen LogP contribution < -0.4 is 0 Å². The highest BCUT2D eigenvalue weighted by atomic mass is 35.5. The second-order valence-electron chi connectivity index (χ2n) is 5.11. The van der Waals surface area contributed by atoms with E-state index in [0.717, 1.165) is 4.90 Å². The van der Waals surface area contributed by atoms with Gasteiger partial charge in [-0.1, -0.05) is 23.2 Å². The minimum atomic E-state index is -0.406. The van der Waals surface area contributed by atoms with E-state index in [0.29, 0.717) is 32.2 Å². The number of H-pyrrole nitrogens is 1. The zero-order valence-corrected chi connectivity index (χ0v) is 13.0. The smallest absolute Gasteiger partial charge is 0.263 e. The van der Waals surface area contributed by atoms with Gasteiger partial charge in [0.1, 0.15) is 0 Å². The second-order valence-corrected chi connectivity index (χ2v) is 5.95. The number of hydrogen-bond acceptors (Lipinski definition) is 4. The van der Waals surface area contributed by atoms with Crippen LogP contribution in [0.5, 0.6) is 0 Å². The number of benzene rings is 1. The second kappa shape index (κ2) is 5.04. The highest BCUT2D eigenvalue weighted by molar-refractivity contribution is 6.33. The van der Waals surface area contributed by atoms with Gasteiger partial charge in [0.15, 0.2) is 5.65 Å². The highest BCUT2D eigenvalue weighted by Crippen LogP contribution is 2.30. The van der Waals surface area contributed by atoms with Crippen LogP contribution in [0.4, 0.5) is 0 Å². The molecule has 1 aromatic carbocycles. The average molecular weight is 347 g/mol. The molecule has 23 heavy (non-hydrogen) atoms. The summed E-state index contributed by atoms with van der Waals surface area (Å²) < 4.78 is 0. The maximum absolute atomic E-state index is 12.7. The number of fused-ring (bicyclic) bond motifs is 3. The fourth-order valence-corrected chi connectivity index (χ4v) is 3.02. The first-order valence-corrected chi connectivity index (χ1v) is 7.44. The van der Waals surface area contributed by atoms with Crippen molar-refractivity contribution >= 4 is 46.0 Å². The van der Waals surface area contributed by atoms with E-state index in [1.165, 1.54) is 12.4 Å². The maximum Gasteiger partial charge on any atom is 0.263 e. The number of halogens is 2. The van der Waals surface area contributed by atoms with E-state index in [1.807, 2.05) is 0 Å². The molecule has 0 atom stereocenters. The molecule has 3 heterocycles. The van der Waals surface area contributed by atoms with Crippen LogP contribution in [0, 0.1) is 0 Å². The number of hydrogen-bond donors (Lipinski definition) is 1. The first kappa shape index (κ1) is 14.2. The van der Waals surface area contributed by atoms with Crippen LogP contribution >= 0.6 is 23.2 Å². The number of nitrogens with one attached hydrogen (secondary N) is 1. The van der Waals surface area contributed by atoms with Crippen LogP contribution in [-0.4, -0.2) is 31.9 Å². The Labute approximate surface area is 140 Å². The van der Waals surface area contributed by atoms with Crippen molar-refractivity contribution in [1.82, 2.24) is 20.1 Å². The van der Waals surface area contributed by atoms with Crippen molar-refractivity contribution in [1.29, 1.82) is 0 Å². The Morgan fingerprint density at radius 3 is 2.78 bits per heavy atom. The molecule has 0 fully saturated rings. The van der Waals surface area contributed by atoms with Crippen molar-refractivity contribution in [2.75, 3.05) is 0 Å². The Morgan fingerprint density at radius 1 is 1.13 bits per heavy atom. The molecular formula is C15H8Cl2N4O2. The molecule has 8 heteroatoms. The number of amides is 2. The molecule has 4 rings (SSSR count). The number of aromatic amines is 1. The largest absolute Gasteiger partial charge is 0.270 e. The monoisotopic (exact) mass is 346 g/mol. The Morgan fingerprint density at radius 2 is 1.96 bits per heavy atom. The molecule has 0 saturated carbocycles. The molecule has 2 aromatic heterocycles. The lowest BCUT2D eigenvalue weighted by Crippen LogP contribution is -2.29. The minimum absolute atomic E-state index is 0.0467. The number of carbonyl (C=O) groups is 2. The molecule has 0 saturated heterocycles. The topological polar surface area (TPSA) is 79.0 Å². The first-order valence-electron chi connectivity index (χ1n) is 6.68. The summed E-state index contributed by atoms with van der Waals surface area (Å²) in [5.41, 5.74) is 1.64. The van der Waals surface area contributed by atoms with Gasteiger partial charge in [-0.3, -0.25) is 19.6 Å². The number of nitrogens with zero attached hydrogens (tertiary/aromatic N) is 3. The third-order valence-electron chi connectivity index (χ3n) is 3.75. The number of carbonyl (C=O) groups excluding carboxylic acids is 2. The summed E-state index contributed by atoms with van der Waals surface area (Å²) in [6.07, 6.45) is 2.87. The molecule has 0 radical (unpaired) electrons. The van der Waals surface area contributed by atoms with Crippen LogP contribution in [0.2, 0.25) is 10.0 Å². The fourth-order valence-electron chi connectivity index (χ4n) is 2.64. The maximum atomic E-state index is 12.7. The van der Waals surface area contributed by atoms with Crippen molar-refractivity contribution in [3.8, 4) is 0 Å². The van der Waals surface area contributed by atoms with Gasteiger partial charge in [-0.25, -0.2) is 4.98 Å². The molecule has 6 nitrogen and oxygen atoms in total. The number of pyridine rings is 1.